The molecule has 0 fully saturated rings. The Bertz CT molecular complexity index is 637. The summed E-state index contributed by atoms with van der Waals surface area (Å²) >= 11 is 0. The van der Waals surface area contributed by atoms with Crippen molar-refractivity contribution in [2.45, 2.75) is 19.2 Å². The predicted octanol–water partition coefficient (Wildman–Crippen LogP) is 3.17. The second kappa shape index (κ2) is 7.05. The molecule has 0 bridgehead atoms. The second-order valence-electron chi connectivity index (χ2n) is 5.38. The number of ether oxygens (including phenoxy) is 1. The molecule has 0 unspecified atom stereocenters. The lowest BCUT2D eigenvalue weighted by Gasteiger charge is -2.24. The minimum atomic E-state index is 0.0106. The van der Waals surface area contributed by atoms with E-state index in [2.05, 4.69) is 0 Å². The van der Waals surface area contributed by atoms with Crippen molar-refractivity contribution in [2.75, 3.05) is 6.61 Å². The van der Waals surface area contributed by atoms with Crippen LogP contribution in [0.2, 0.25) is 0 Å². The quantitative estimate of drug-likeness (QED) is 0.818. The van der Waals surface area contributed by atoms with Gasteiger partial charge in [-0.15, -0.1) is 0 Å². The Kier molecular flexibility index (Phi) is 4.66. The van der Waals surface area contributed by atoms with Crippen molar-refractivity contribution in [3.8, 4) is 0 Å². The zero-order valence-electron chi connectivity index (χ0n) is 12.4. The van der Waals surface area contributed by atoms with Crippen LogP contribution in [0.15, 0.2) is 72.8 Å². The molecule has 112 valence electrons. The van der Waals surface area contributed by atoms with Crippen molar-refractivity contribution in [3.63, 3.8) is 0 Å². The molecule has 1 aliphatic heterocycles. The summed E-state index contributed by atoms with van der Waals surface area (Å²) in [4.78, 5) is 13.9. The monoisotopic (exact) mass is 293 g/mol. The average molecular weight is 293 g/mol. The lowest BCUT2D eigenvalue weighted by Crippen LogP contribution is -2.36. The lowest BCUT2D eigenvalue weighted by atomic mass is 10.2. The highest BCUT2D eigenvalue weighted by Crippen LogP contribution is 2.16. The maximum absolute atomic E-state index is 12.0. The van der Waals surface area contributed by atoms with Gasteiger partial charge in [-0.2, -0.15) is 0 Å². The molecule has 22 heavy (non-hydrogen) atoms. The van der Waals surface area contributed by atoms with E-state index in [4.69, 9.17) is 4.74 Å². The number of hydrogen-bond acceptors (Lipinski definition) is 2. The molecule has 3 rings (SSSR count). The van der Waals surface area contributed by atoms with Crippen LogP contribution in [0.1, 0.15) is 11.1 Å². The molecule has 0 N–H and O–H groups in total. The van der Waals surface area contributed by atoms with Crippen LogP contribution < -0.4 is 0 Å². The van der Waals surface area contributed by atoms with Gasteiger partial charge in [0.25, 0.3) is 0 Å². The third kappa shape index (κ3) is 3.62. The first-order chi connectivity index (χ1) is 10.8. The van der Waals surface area contributed by atoms with Gasteiger partial charge >= 0.3 is 0 Å². The third-order valence-electron chi connectivity index (χ3n) is 3.74. The first kappa shape index (κ1) is 14.5. The van der Waals surface area contributed by atoms with Gasteiger partial charge in [-0.1, -0.05) is 66.7 Å². The maximum atomic E-state index is 12.0. The molecule has 2 aromatic carbocycles. The van der Waals surface area contributed by atoms with Crippen molar-refractivity contribution in [3.05, 3.63) is 83.9 Å². The van der Waals surface area contributed by atoms with E-state index < -0.39 is 0 Å². The molecule has 0 saturated heterocycles. The molecule has 3 heteroatoms. The van der Waals surface area contributed by atoms with Crippen molar-refractivity contribution < 1.29 is 9.53 Å². The molecular weight excluding hydrogens is 274 g/mol. The molecule has 2 aromatic rings. The fourth-order valence-electron chi connectivity index (χ4n) is 2.55. The van der Waals surface area contributed by atoms with E-state index in [1.165, 1.54) is 0 Å². The van der Waals surface area contributed by atoms with Crippen LogP contribution in [0.4, 0.5) is 0 Å². The van der Waals surface area contributed by atoms with E-state index in [-0.39, 0.29) is 11.9 Å². The molecule has 0 aromatic heterocycles. The Morgan fingerprint density at radius 2 is 1.55 bits per heavy atom. The lowest BCUT2D eigenvalue weighted by molar-refractivity contribution is -0.127. The normalized spacial score (nSPS) is 17.2. The largest absolute Gasteiger partial charge is 0.374 e. The number of carbonyl (C=O) groups is 1. The standard InChI is InChI=1S/C19H19NO2/c21-19-12-11-18(15-22-14-17-9-5-2-6-10-17)20(19)13-16-7-3-1-4-8-16/h1-12,18H,13-15H2/t18-/m0/s1. The number of nitrogens with zero attached hydrogens (tertiary/aromatic N) is 1. The predicted molar refractivity (Wildman–Crippen MR) is 86.0 cm³/mol. The number of rotatable bonds is 6. The van der Waals surface area contributed by atoms with Gasteiger partial charge < -0.3 is 9.64 Å². The molecule has 1 heterocycles. The molecular formula is C19H19NO2. The summed E-state index contributed by atoms with van der Waals surface area (Å²) < 4.78 is 5.77. The first-order valence-corrected chi connectivity index (χ1v) is 7.47. The SMILES string of the molecule is O=C1C=C[C@@H](COCc2ccccc2)N1Cc1ccccc1. The van der Waals surface area contributed by atoms with E-state index in [1.54, 1.807) is 6.08 Å². The van der Waals surface area contributed by atoms with Crippen LogP contribution in [-0.4, -0.2) is 23.5 Å². The molecule has 3 nitrogen and oxygen atoms in total. The van der Waals surface area contributed by atoms with Gasteiger partial charge in [0.2, 0.25) is 5.91 Å². The van der Waals surface area contributed by atoms with Crippen molar-refractivity contribution >= 4 is 5.91 Å². The van der Waals surface area contributed by atoms with Gasteiger partial charge in [0.05, 0.1) is 19.3 Å². The van der Waals surface area contributed by atoms with Gasteiger partial charge in [-0.25, -0.2) is 0 Å². The fraction of sp³-hybridized carbons (Fsp3) is 0.211. The Labute approximate surface area is 130 Å². The smallest absolute Gasteiger partial charge is 0.247 e. The van der Waals surface area contributed by atoms with Gasteiger partial charge in [-0.3, -0.25) is 4.79 Å². The highest BCUT2D eigenvalue weighted by molar-refractivity contribution is 5.90. The summed E-state index contributed by atoms with van der Waals surface area (Å²) in [6.45, 7) is 1.70. The summed E-state index contributed by atoms with van der Waals surface area (Å²) in [5, 5.41) is 0. The van der Waals surface area contributed by atoms with E-state index in [0.29, 0.717) is 19.8 Å². The van der Waals surface area contributed by atoms with Crippen molar-refractivity contribution in [1.82, 2.24) is 4.90 Å². The second-order valence-corrected chi connectivity index (χ2v) is 5.38. The van der Waals surface area contributed by atoms with Gasteiger partial charge in [0.15, 0.2) is 0 Å². The Morgan fingerprint density at radius 3 is 2.23 bits per heavy atom. The molecule has 0 spiro atoms. The number of hydrogen-bond donors (Lipinski definition) is 0. The van der Waals surface area contributed by atoms with Gasteiger partial charge in [0.1, 0.15) is 0 Å². The average Bonchev–Trinajstić information content (AvgIpc) is 2.90. The minimum Gasteiger partial charge on any atom is -0.374 e. The third-order valence-corrected chi connectivity index (χ3v) is 3.74. The summed E-state index contributed by atoms with van der Waals surface area (Å²) in [7, 11) is 0. The maximum Gasteiger partial charge on any atom is 0.247 e. The van der Waals surface area contributed by atoms with E-state index >= 15 is 0 Å². The molecule has 1 amide bonds. The fourth-order valence-corrected chi connectivity index (χ4v) is 2.55. The molecule has 1 atom stereocenters. The van der Waals surface area contributed by atoms with Crippen LogP contribution in [0.5, 0.6) is 0 Å². The zero-order chi connectivity index (χ0) is 15.2. The molecule has 0 radical (unpaired) electrons. The molecule has 0 saturated carbocycles. The number of amides is 1. The van der Waals surface area contributed by atoms with E-state index in [0.717, 1.165) is 11.1 Å². The van der Waals surface area contributed by atoms with Crippen LogP contribution >= 0.6 is 0 Å². The first-order valence-electron chi connectivity index (χ1n) is 7.47. The molecule has 0 aliphatic carbocycles. The summed E-state index contributed by atoms with van der Waals surface area (Å²) in [5.74, 6) is 0.0529. The zero-order valence-corrected chi connectivity index (χ0v) is 12.4. The Morgan fingerprint density at radius 1 is 0.909 bits per heavy atom. The number of carbonyl (C=O) groups excluding carboxylic acids is 1. The van der Waals surface area contributed by atoms with Crippen molar-refractivity contribution in [2.24, 2.45) is 0 Å². The number of benzene rings is 2. The molecule has 1 aliphatic rings. The van der Waals surface area contributed by atoms with E-state index in [9.17, 15) is 4.79 Å². The Hall–Kier alpha value is -2.39. The highest BCUT2D eigenvalue weighted by Gasteiger charge is 2.25. The van der Waals surface area contributed by atoms with Gasteiger partial charge in [-0.05, 0) is 11.1 Å². The summed E-state index contributed by atoms with van der Waals surface area (Å²) in [6.07, 6.45) is 3.57. The van der Waals surface area contributed by atoms with Gasteiger partial charge in [0, 0.05) is 12.6 Å². The van der Waals surface area contributed by atoms with Crippen LogP contribution in [0, 0.1) is 0 Å². The highest BCUT2D eigenvalue weighted by atomic mass is 16.5. The van der Waals surface area contributed by atoms with Crippen molar-refractivity contribution in [1.29, 1.82) is 0 Å². The Balaban J connectivity index is 1.55. The summed E-state index contributed by atoms with van der Waals surface area (Å²) in [5.41, 5.74) is 2.28. The van der Waals surface area contributed by atoms with Crippen LogP contribution in [0.25, 0.3) is 0 Å². The summed E-state index contributed by atoms with van der Waals surface area (Å²) in [6, 6.07) is 20.1. The van der Waals surface area contributed by atoms with Crippen LogP contribution in [-0.2, 0) is 22.7 Å². The minimum absolute atomic E-state index is 0.0106. The van der Waals surface area contributed by atoms with Crippen LogP contribution in [0.3, 0.4) is 0 Å². The van der Waals surface area contributed by atoms with E-state index in [1.807, 2.05) is 71.6 Å². The topological polar surface area (TPSA) is 29.5 Å².